The van der Waals surface area contributed by atoms with E-state index in [2.05, 4.69) is 53.6 Å². The van der Waals surface area contributed by atoms with Crippen LogP contribution >= 0.6 is 24.0 Å². The fourth-order valence-electron chi connectivity index (χ4n) is 3.72. The lowest BCUT2D eigenvalue weighted by Crippen LogP contribution is -2.37. The van der Waals surface area contributed by atoms with E-state index in [0.717, 1.165) is 57.6 Å². The van der Waals surface area contributed by atoms with Crippen molar-refractivity contribution >= 4 is 29.9 Å². The summed E-state index contributed by atoms with van der Waals surface area (Å²) in [4.78, 5) is 7.43. The molecule has 1 aromatic rings. The average molecular weight is 517 g/mol. The Kier molecular flexibility index (Phi) is 14.4. The molecule has 0 radical (unpaired) electrons. The Labute approximate surface area is 195 Å². The van der Waals surface area contributed by atoms with Gasteiger partial charge in [0.15, 0.2) is 5.96 Å². The number of halogens is 1. The number of unbranched alkanes of at least 4 members (excludes halogenated alkanes) is 1. The van der Waals surface area contributed by atoms with Crippen molar-refractivity contribution in [3.8, 4) is 0 Å². The minimum atomic E-state index is 0. The Morgan fingerprint density at radius 1 is 1.17 bits per heavy atom. The van der Waals surface area contributed by atoms with Crippen LogP contribution in [0, 0.1) is 5.92 Å². The molecule has 1 unspecified atom stereocenters. The van der Waals surface area contributed by atoms with Gasteiger partial charge >= 0.3 is 0 Å². The largest absolute Gasteiger partial charge is 0.382 e. The number of likely N-dealkylation sites (tertiary alicyclic amines) is 1. The highest BCUT2D eigenvalue weighted by molar-refractivity contribution is 14.0. The van der Waals surface area contributed by atoms with Crippen LogP contribution in [0.15, 0.2) is 29.3 Å². The number of aliphatic imine (C=N–C) groups is 1. The van der Waals surface area contributed by atoms with E-state index >= 15 is 0 Å². The second-order valence-corrected chi connectivity index (χ2v) is 7.78. The molecule has 1 aliphatic rings. The Morgan fingerprint density at radius 3 is 2.69 bits per heavy atom. The van der Waals surface area contributed by atoms with Gasteiger partial charge in [-0.2, -0.15) is 0 Å². The van der Waals surface area contributed by atoms with Gasteiger partial charge in [0.05, 0.1) is 6.54 Å². The summed E-state index contributed by atoms with van der Waals surface area (Å²) in [5.41, 5.74) is 2.74. The number of ether oxygens (including phenoxy) is 1. The second-order valence-electron chi connectivity index (χ2n) is 7.78. The number of hydrogen-bond acceptors (Lipinski definition) is 3. The van der Waals surface area contributed by atoms with E-state index in [4.69, 9.17) is 9.73 Å². The van der Waals surface area contributed by atoms with Crippen molar-refractivity contribution in [2.45, 2.75) is 59.5 Å². The molecule has 1 fully saturated rings. The summed E-state index contributed by atoms with van der Waals surface area (Å²) in [7, 11) is 0. The van der Waals surface area contributed by atoms with Gasteiger partial charge in [-0.25, -0.2) is 4.99 Å². The molecule has 0 spiro atoms. The molecular weight excluding hydrogens is 475 g/mol. The SMILES string of the molecule is CCNC(=NCc1ccccc1CN1CCCC(C)C1)NCCCCOCC.I. The van der Waals surface area contributed by atoms with Crippen LogP contribution in [0.25, 0.3) is 0 Å². The van der Waals surface area contributed by atoms with Gasteiger partial charge in [0.1, 0.15) is 0 Å². The molecule has 166 valence electrons. The molecule has 2 rings (SSSR count). The monoisotopic (exact) mass is 516 g/mol. The first-order valence-electron chi connectivity index (χ1n) is 11.1. The molecule has 5 nitrogen and oxygen atoms in total. The highest BCUT2D eigenvalue weighted by Gasteiger charge is 2.17. The van der Waals surface area contributed by atoms with Crippen molar-refractivity contribution < 1.29 is 4.74 Å². The van der Waals surface area contributed by atoms with Crippen LogP contribution < -0.4 is 10.6 Å². The molecule has 0 aliphatic carbocycles. The summed E-state index contributed by atoms with van der Waals surface area (Å²) in [5.74, 6) is 1.71. The van der Waals surface area contributed by atoms with Crippen LogP contribution in [0.3, 0.4) is 0 Å². The third kappa shape index (κ3) is 10.6. The highest BCUT2D eigenvalue weighted by atomic mass is 127. The maximum atomic E-state index is 5.40. The first kappa shape index (κ1) is 26.2. The summed E-state index contributed by atoms with van der Waals surface area (Å²) < 4.78 is 5.40. The summed E-state index contributed by atoms with van der Waals surface area (Å²) >= 11 is 0. The lowest BCUT2D eigenvalue weighted by Gasteiger charge is -2.31. The van der Waals surface area contributed by atoms with Gasteiger partial charge in [-0.05, 0) is 63.1 Å². The predicted molar refractivity (Wildman–Crippen MR) is 134 cm³/mol. The van der Waals surface area contributed by atoms with E-state index in [1.807, 2.05) is 6.92 Å². The van der Waals surface area contributed by atoms with Crippen molar-refractivity contribution in [1.29, 1.82) is 0 Å². The minimum absolute atomic E-state index is 0. The molecule has 1 atom stereocenters. The zero-order valence-electron chi connectivity index (χ0n) is 18.6. The van der Waals surface area contributed by atoms with Crippen LogP contribution in [0.5, 0.6) is 0 Å². The number of nitrogens with zero attached hydrogens (tertiary/aromatic N) is 2. The molecular formula is C23H41IN4O. The predicted octanol–water partition coefficient (Wildman–Crippen LogP) is 4.41. The third-order valence-corrected chi connectivity index (χ3v) is 5.22. The first-order chi connectivity index (χ1) is 13.7. The maximum absolute atomic E-state index is 5.40. The highest BCUT2D eigenvalue weighted by Crippen LogP contribution is 2.19. The molecule has 29 heavy (non-hydrogen) atoms. The van der Waals surface area contributed by atoms with Crippen molar-refractivity contribution in [2.24, 2.45) is 10.9 Å². The first-order valence-corrected chi connectivity index (χ1v) is 11.1. The molecule has 6 heteroatoms. The van der Waals surface area contributed by atoms with Crippen molar-refractivity contribution in [3.63, 3.8) is 0 Å². The maximum Gasteiger partial charge on any atom is 0.191 e. The lowest BCUT2D eigenvalue weighted by atomic mass is 9.99. The Morgan fingerprint density at radius 2 is 1.97 bits per heavy atom. The zero-order valence-corrected chi connectivity index (χ0v) is 20.9. The molecule has 0 aromatic heterocycles. The van der Waals surface area contributed by atoms with Gasteiger partial charge < -0.3 is 15.4 Å². The molecule has 1 aromatic carbocycles. The zero-order chi connectivity index (χ0) is 20.0. The van der Waals surface area contributed by atoms with Gasteiger partial charge in [0.25, 0.3) is 0 Å². The van der Waals surface area contributed by atoms with Crippen LogP contribution in [-0.4, -0.2) is 50.3 Å². The number of benzene rings is 1. The Hall–Kier alpha value is -0.860. The van der Waals surface area contributed by atoms with Gasteiger partial charge in [0, 0.05) is 39.4 Å². The molecule has 1 saturated heterocycles. The second kappa shape index (κ2) is 15.9. The summed E-state index contributed by atoms with van der Waals surface area (Å²) in [6.45, 7) is 14.1. The Bertz CT molecular complexity index is 582. The molecule has 0 amide bonds. The summed E-state index contributed by atoms with van der Waals surface area (Å²) in [5, 5.41) is 6.81. The van der Waals surface area contributed by atoms with Crippen molar-refractivity contribution in [3.05, 3.63) is 35.4 Å². The molecule has 2 N–H and O–H groups in total. The summed E-state index contributed by atoms with van der Waals surface area (Å²) in [6, 6.07) is 8.76. The molecule has 0 bridgehead atoms. The quantitative estimate of drug-likeness (QED) is 0.198. The van der Waals surface area contributed by atoms with Gasteiger partial charge in [-0.15, -0.1) is 24.0 Å². The fourth-order valence-corrected chi connectivity index (χ4v) is 3.72. The normalized spacial score (nSPS) is 17.6. The van der Waals surface area contributed by atoms with Crippen LogP contribution in [-0.2, 0) is 17.8 Å². The van der Waals surface area contributed by atoms with Gasteiger partial charge in [-0.1, -0.05) is 31.2 Å². The number of piperidine rings is 1. The number of guanidine groups is 1. The van der Waals surface area contributed by atoms with E-state index in [1.54, 1.807) is 0 Å². The standard InChI is InChI=1S/C23H40N4O.HI/c1-4-24-23(25-14-8-9-16-28-5-2)26-17-21-12-6-7-13-22(21)19-27-15-10-11-20(3)18-27;/h6-7,12-13,20H,4-5,8-11,14-19H2,1-3H3,(H2,24,25,26);1H. The van der Waals surface area contributed by atoms with Gasteiger partial charge in [-0.3, -0.25) is 4.90 Å². The topological polar surface area (TPSA) is 48.9 Å². The number of nitrogens with one attached hydrogen (secondary N) is 2. The van der Waals surface area contributed by atoms with E-state index in [9.17, 15) is 0 Å². The fraction of sp³-hybridized carbons (Fsp3) is 0.696. The van der Waals surface area contributed by atoms with Crippen LogP contribution in [0.2, 0.25) is 0 Å². The van der Waals surface area contributed by atoms with E-state index in [0.29, 0.717) is 6.54 Å². The van der Waals surface area contributed by atoms with Crippen LogP contribution in [0.4, 0.5) is 0 Å². The van der Waals surface area contributed by atoms with E-state index < -0.39 is 0 Å². The molecule has 1 aliphatic heterocycles. The molecule has 0 saturated carbocycles. The summed E-state index contributed by atoms with van der Waals surface area (Å²) in [6.07, 6.45) is 4.86. The smallest absolute Gasteiger partial charge is 0.191 e. The molecule has 1 heterocycles. The average Bonchev–Trinajstić information content (AvgIpc) is 2.69. The lowest BCUT2D eigenvalue weighted by molar-refractivity contribution is 0.143. The van der Waals surface area contributed by atoms with Crippen molar-refractivity contribution in [1.82, 2.24) is 15.5 Å². The third-order valence-electron chi connectivity index (χ3n) is 5.22. The van der Waals surface area contributed by atoms with Gasteiger partial charge in [0.2, 0.25) is 0 Å². The Balaban J connectivity index is 0.00000420. The van der Waals surface area contributed by atoms with Crippen molar-refractivity contribution in [2.75, 3.05) is 39.4 Å². The number of hydrogen-bond donors (Lipinski definition) is 2. The van der Waals surface area contributed by atoms with E-state index in [1.165, 1.54) is 37.1 Å². The van der Waals surface area contributed by atoms with Crippen LogP contribution in [0.1, 0.15) is 57.6 Å². The van der Waals surface area contributed by atoms with E-state index in [-0.39, 0.29) is 24.0 Å². The number of rotatable bonds is 11. The minimum Gasteiger partial charge on any atom is -0.382 e.